The second kappa shape index (κ2) is 3.96. The van der Waals surface area contributed by atoms with Crippen molar-refractivity contribution in [3.05, 3.63) is 23.4 Å². The molecule has 1 aromatic rings. The first-order chi connectivity index (χ1) is 6.77. The predicted molar refractivity (Wildman–Crippen MR) is 58.2 cm³/mol. The first kappa shape index (κ1) is 9.46. The van der Waals surface area contributed by atoms with E-state index >= 15 is 0 Å². The number of piperidine rings is 1. The lowest BCUT2D eigenvalue weighted by Crippen LogP contribution is -2.27. The van der Waals surface area contributed by atoms with Crippen molar-refractivity contribution in [2.75, 3.05) is 18.8 Å². The predicted octanol–water partition coefficient (Wildman–Crippen LogP) is 1.44. The zero-order valence-electron chi connectivity index (χ0n) is 8.59. The normalized spacial score (nSPS) is 18.4. The van der Waals surface area contributed by atoms with E-state index in [1.807, 2.05) is 12.3 Å². The number of nitrogens with two attached hydrogens (primary N) is 1. The van der Waals surface area contributed by atoms with Gasteiger partial charge in [0.1, 0.15) is 5.82 Å². The van der Waals surface area contributed by atoms with Crippen LogP contribution in [0.2, 0.25) is 0 Å². The first-order valence-corrected chi connectivity index (χ1v) is 5.20. The summed E-state index contributed by atoms with van der Waals surface area (Å²) >= 11 is 0. The summed E-state index contributed by atoms with van der Waals surface area (Å²) in [5, 5.41) is 3.37. The highest BCUT2D eigenvalue weighted by molar-refractivity contribution is 5.38. The number of aromatic nitrogens is 1. The van der Waals surface area contributed by atoms with E-state index in [4.69, 9.17) is 5.73 Å². The molecule has 0 atom stereocenters. The lowest BCUT2D eigenvalue weighted by atomic mass is 9.89. The maximum absolute atomic E-state index is 5.63. The summed E-state index contributed by atoms with van der Waals surface area (Å²) in [6.07, 6.45) is 4.37. The van der Waals surface area contributed by atoms with Gasteiger partial charge in [-0.1, -0.05) is 0 Å². The standard InChI is InChI=1S/C11H17N3/c1-8-6-11(12)14-7-10(8)9-2-4-13-5-3-9/h6-7,9,13H,2-5H2,1H3,(H2,12,14). The van der Waals surface area contributed by atoms with Crippen LogP contribution >= 0.6 is 0 Å². The first-order valence-electron chi connectivity index (χ1n) is 5.20. The summed E-state index contributed by atoms with van der Waals surface area (Å²) in [6.45, 7) is 4.36. The lowest BCUT2D eigenvalue weighted by Gasteiger charge is -2.24. The van der Waals surface area contributed by atoms with Crippen LogP contribution in [0.3, 0.4) is 0 Å². The van der Waals surface area contributed by atoms with Crippen molar-refractivity contribution in [3.63, 3.8) is 0 Å². The van der Waals surface area contributed by atoms with Gasteiger partial charge in [0.2, 0.25) is 0 Å². The summed E-state index contributed by atoms with van der Waals surface area (Å²) in [5.74, 6) is 1.30. The topological polar surface area (TPSA) is 50.9 Å². The lowest BCUT2D eigenvalue weighted by molar-refractivity contribution is 0.458. The third-order valence-electron chi connectivity index (χ3n) is 2.95. The van der Waals surface area contributed by atoms with Gasteiger partial charge >= 0.3 is 0 Å². The van der Waals surface area contributed by atoms with Crippen LogP contribution in [0, 0.1) is 6.92 Å². The Labute approximate surface area is 84.7 Å². The van der Waals surface area contributed by atoms with Crippen molar-refractivity contribution >= 4 is 5.82 Å². The number of hydrogen-bond donors (Lipinski definition) is 2. The Hall–Kier alpha value is -1.09. The number of anilines is 1. The van der Waals surface area contributed by atoms with E-state index in [9.17, 15) is 0 Å². The minimum absolute atomic E-state index is 0.625. The Kier molecular flexibility index (Phi) is 2.68. The van der Waals surface area contributed by atoms with E-state index in [1.54, 1.807) is 0 Å². The van der Waals surface area contributed by atoms with Gasteiger partial charge in [0.05, 0.1) is 0 Å². The second-order valence-electron chi connectivity index (χ2n) is 3.99. The van der Waals surface area contributed by atoms with Gasteiger partial charge in [0, 0.05) is 6.20 Å². The van der Waals surface area contributed by atoms with Gasteiger partial charge in [-0.2, -0.15) is 0 Å². The van der Waals surface area contributed by atoms with E-state index < -0.39 is 0 Å². The highest BCUT2D eigenvalue weighted by atomic mass is 14.9. The molecule has 0 bridgehead atoms. The van der Waals surface area contributed by atoms with Gasteiger partial charge in [-0.3, -0.25) is 0 Å². The third-order valence-corrected chi connectivity index (χ3v) is 2.95. The molecular formula is C11H17N3. The van der Waals surface area contributed by atoms with Crippen LogP contribution in [-0.4, -0.2) is 18.1 Å². The largest absolute Gasteiger partial charge is 0.384 e. The summed E-state index contributed by atoms with van der Waals surface area (Å²) in [7, 11) is 0. The third kappa shape index (κ3) is 1.87. The summed E-state index contributed by atoms with van der Waals surface area (Å²) in [4.78, 5) is 4.17. The van der Waals surface area contributed by atoms with Crippen LogP contribution in [0.5, 0.6) is 0 Å². The average molecular weight is 191 g/mol. The average Bonchev–Trinajstić information content (AvgIpc) is 2.19. The molecule has 0 spiro atoms. The fourth-order valence-electron chi connectivity index (χ4n) is 2.15. The van der Waals surface area contributed by atoms with Gasteiger partial charge in [-0.25, -0.2) is 4.98 Å². The van der Waals surface area contributed by atoms with Crippen LogP contribution in [0.1, 0.15) is 29.9 Å². The summed E-state index contributed by atoms with van der Waals surface area (Å²) in [6, 6.07) is 1.97. The molecule has 14 heavy (non-hydrogen) atoms. The second-order valence-corrected chi connectivity index (χ2v) is 3.99. The Bertz CT molecular complexity index is 316. The Balaban J connectivity index is 2.22. The molecule has 1 aliphatic rings. The van der Waals surface area contributed by atoms with Crippen LogP contribution < -0.4 is 11.1 Å². The molecule has 2 heterocycles. The molecule has 0 unspecified atom stereocenters. The number of nitrogen functional groups attached to an aromatic ring is 1. The molecule has 0 aromatic carbocycles. The van der Waals surface area contributed by atoms with Crippen molar-refractivity contribution < 1.29 is 0 Å². The number of nitrogens with one attached hydrogen (secondary N) is 1. The number of nitrogens with zero attached hydrogens (tertiary/aromatic N) is 1. The zero-order chi connectivity index (χ0) is 9.97. The highest BCUT2D eigenvalue weighted by Crippen LogP contribution is 2.27. The van der Waals surface area contributed by atoms with Crippen molar-refractivity contribution in [2.24, 2.45) is 0 Å². The number of rotatable bonds is 1. The Morgan fingerprint density at radius 2 is 2.14 bits per heavy atom. The fraction of sp³-hybridized carbons (Fsp3) is 0.545. The molecule has 76 valence electrons. The van der Waals surface area contributed by atoms with Crippen LogP contribution in [0.25, 0.3) is 0 Å². The van der Waals surface area contributed by atoms with Crippen molar-refractivity contribution in [1.29, 1.82) is 0 Å². The van der Waals surface area contributed by atoms with Crippen LogP contribution in [-0.2, 0) is 0 Å². The highest BCUT2D eigenvalue weighted by Gasteiger charge is 2.17. The monoisotopic (exact) mass is 191 g/mol. The number of aryl methyl sites for hydroxylation is 1. The smallest absolute Gasteiger partial charge is 0.123 e. The molecule has 3 heteroatoms. The van der Waals surface area contributed by atoms with Crippen molar-refractivity contribution in [2.45, 2.75) is 25.7 Å². The van der Waals surface area contributed by atoms with Crippen molar-refractivity contribution in [1.82, 2.24) is 10.3 Å². The molecule has 0 radical (unpaired) electrons. The molecule has 2 rings (SSSR count). The molecule has 3 N–H and O–H groups in total. The minimum Gasteiger partial charge on any atom is -0.384 e. The van der Waals surface area contributed by atoms with E-state index in [1.165, 1.54) is 24.0 Å². The zero-order valence-corrected chi connectivity index (χ0v) is 8.59. The van der Waals surface area contributed by atoms with E-state index in [-0.39, 0.29) is 0 Å². The Morgan fingerprint density at radius 1 is 1.43 bits per heavy atom. The minimum atomic E-state index is 0.625. The van der Waals surface area contributed by atoms with Gasteiger partial charge in [0.25, 0.3) is 0 Å². The molecular weight excluding hydrogens is 174 g/mol. The van der Waals surface area contributed by atoms with E-state index in [0.29, 0.717) is 11.7 Å². The van der Waals surface area contributed by atoms with E-state index in [2.05, 4.69) is 17.2 Å². The quantitative estimate of drug-likeness (QED) is 0.706. The van der Waals surface area contributed by atoms with Gasteiger partial charge in [0.15, 0.2) is 0 Å². The maximum atomic E-state index is 5.63. The molecule has 1 saturated heterocycles. The van der Waals surface area contributed by atoms with Crippen LogP contribution in [0.15, 0.2) is 12.3 Å². The molecule has 0 aliphatic carbocycles. The molecule has 1 aliphatic heterocycles. The molecule has 0 amide bonds. The SMILES string of the molecule is Cc1cc(N)ncc1C1CCNCC1. The maximum Gasteiger partial charge on any atom is 0.123 e. The van der Waals surface area contributed by atoms with E-state index in [0.717, 1.165) is 13.1 Å². The fourth-order valence-corrected chi connectivity index (χ4v) is 2.15. The molecule has 1 aromatic heterocycles. The van der Waals surface area contributed by atoms with Gasteiger partial charge < -0.3 is 11.1 Å². The van der Waals surface area contributed by atoms with Crippen molar-refractivity contribution in [3.8, 4) is 0 Å². The molecule has 0 saturated carbocycles. The number of pyridine rings is 1. The molecule has 3 nitrogen and oxygen atoms in total. The van der Waals surface area contributed by atoms with Crippen LogP contribution in [0.4, 0.5) is 5.82 Å². The number of hydrogen-bond acceptors (Lipinski definition) is 3. The summed E-state index contributed by atoms with van der Waals surface area (Å²) < 4.78 is 0. The van der Waals surface area contributed by atoms with Gasteiger partial charge in [-0.05, 0) is 56.0 Å². The molecule has 1 fully saturated rings. The summed E-state index contributed by atoms with van der Waals surface area (Å²) in [5.41, 5.74) is 8.29. The van der Waals surface area contributed by atoms with Gasteiger partial charge in [-0.15, -0.1) is 0 Å². The Morgan fingerprint density at radius 3 is 2.79 bits per heavy atom.